The summed E-state index contributed by atoms with van der Waals surface area (Å²) in [6, 6.07) is 19.6. The average molecular weight is 384 g/mol. The lowest BCUT2D eigenvalue weighted by Gasteiger charge is -2.18. The van der Waals surface area contributed by atoms with Gasteiger partial charge in [-0.05, 0) is 24.6 Å². The summed E-state index contributed by atoms with van der Waals surface area (Å²) >= 11 is 0. The van der Waals surface area contributed by atoms with Crippen LogP contribution < -0.4 is 11.1 Å². The van der Waals surface area contributed by atoms with Crippen LogP contribution in [0.1, 0.15) is 11.1 Å². The molecule has 0 bridgehead atoms. The van der Waals surface area contributed by atoms with Gasteiger partial charge in [0, 0.05) is 19.6 Å². The minimum atomic E-state index is -0.503. The van der Waals surface area contributed by atoms with Gasteiger partial charge in [0.15, 0.2) is 0 Å². The molecule has 0 aliphatic heterocycles. The molecule has 6 heteroatoms. The zero-order valence-corrected chi connectivity index (χ0v) is 16.1. The van der Waals surface area contributed by atoms with Crippen molar-refractivity contribution in [2.75, 3.05) is 20.1 Å². The summed E-state index contributed by atoms with van der Waals surface area (Å²) in [6.07, 6.45) is 0.562. The van der Waals surface area contributed by atoms with Crippen molar-refractivity contribution in [3.05, 3.63) is 71.8 Å². The van der Waals surface area contributed by atoms with E-state index in [1.807, 2.05) is 55.6 Å². The number of hydrogen-bond donors (Lipinski definition) is 2. The van der Waals surface area contributed by atoms with Crippen LogP contribution in [0.2, 0.25) is 0 Å². The van der Waals surface area contributed by atoms with Crippen LogP contribution in [-0.2, 0) is 17.8 Å². The molecule has 2 aromatic rings. The molecule has 138 valence electrons. The second-order valence-electron chi connectivity index (χ2n) is 5.81. The Kier molecular flexibility index (Phi) is 11.9. The first-order valence-electron chi connectivity index (χ1n) is 7.95. The summed E-state index contributed by atoms with van der Waals surface area (Å²) in [5, 5.41) is 2.91. The van der Waals surface area contributed by atoms with Crippen molar-refractivity contribution in [3.8, 4) is 0 Å². The summed E-state index contributed by atoms with van der Waals surface area (Å²) < 4.78 is 0. The first-order chi connectivity index (χ1) is 11.1. The molecule has 25 heavy (non-hydrogen) atoms. The highest BCUT2D eigenvalue weighted by molar-refractivity contribution is 5.85. The summed E-state index contributed by atoms with van der Waals surface area (Å²) in [5.74, 6) is -0.0954. The lowest BCUT2D eigenvalue weighted by Crippen LogP contribution is -2.44. The van der Waals surface area contributed by atoms with Gasteiger partial charge in [0.05, 0.1) is 6.04 Å². The smallest absolute Gasteiger partial charge is 0.237 e. The molecule has 0 saturated heterocycles. The number of hydrogen-bond acceptors (Lipinski definition) is 3. The topological polar surface area (TPSA) is 58.4 Å². The Bertz CT molecular complexity index is 596. The van der Waals surface area contributed by atoms with E-state index in [1.54, 1.807) is 0 Å². The maximum atomic E-state index is 12.0. The van der Waals surface area contributed by atoms with Crippen LogP contribution in [0.4, 0.5) is 0 Å². The minimum absolute atomic E-state index is 0. The second kappa shape index (κ2) is 12.7. The average Bonchev–Trinajstić information content (AvgIpc) is 2.56. The summed E-state index contributed by atoms with van der Waals surface area (Å²) in [4.78, 5) is 14.2. The molecule has 2 rings (SSSR count). The van der Waals surface area contributed by atoms with Gasteiger partial charge in [0.1, 0.15) is 0 Å². The first kappa shape index (κ1) is 23.4. The number of carbonyl (C=O) groups excluding carboxylic acids is 1. The molecule has 1 atom stereocenters. The molecule has 0 radical (unpaired) electrons. The number of likely N-dealkylation sites (N-methyl/N-ethyl adjacent to an activating group) is 1. The van der Waals surface area contributed by atoms with Crippen molar-refractivity contribution in [3.63, 3.8) is 0 Å². The van der Waals surface area contributed by atoms with Crippen molar-refractivity contribution < 1.29 is 4.79 Å². The lowest BCUT2D eigenvalue weighted by atomic mass is 10.1. The van der Waals surface area contributed by atoms with E-state index < -0.39 is 6.04 Å². The quantitative estimate of drug-likeness (QED) is 0.736. The lowest BCUT2D eigenvalue weighted by molar-refractivity contribution is -0.122. The predicted molar refractivity (Wildman–Crippen MR) is 108 cm³/mol. The minimum Gasteiger partial charge on any atom is -0.353 e. The van der Waals surface area contributed by atoms with Crippen molar-refractivity contribution >= 4 is 30.7 Å². The normalized spacial score (nSPS) is 11.2. The fourth-order valence-corrected chi connectivity index (χ4v) is 2.44. The highest BCUT2D eigenvalue weighted by Gasteiger charge is 2.13. The third kappa shape index (κ3) is 8.89. The van der Waals surface area contributed by atoms with Gasteiger partial charge in [-0.2, -0.15) is 0 Å². The van der Waals surface area contributed by atoms with E-state index in [4.69, 9.17) is 5.73 Å². The van der Waals surface area contributed by atoms with E-state index in [-0.39, 0.29) is 30.7 Å². The number of nitrogens with one attached hydrogen (secondary N) is 1. The molecule has 0 saturated carbocycles. The number of amides is 1. The van der Waals surface area contributed by atoms with Crippen molar-refractivity contribution in [2.45, 2.75) is 19.0 Å². The van der Waals surface area contributed by atoms with Gasteiger partial charge in [0.25, 0.3) is 0 Å². The van der Waals surface area contributed by atoms with Crippen LogP contribution >= 0.6 is 24.8 Å². The fraction of sp³-hybridized carbons (Fsp3) is 0.316. The highest BCUT2D eigenvalue weighted by atomic mass is 35.5. The number of nitrogens with zero attached hydrogens (tertiary/aromatic N) is 1. The third-order valence-electron chi connectivity index (χ3n) is 3.72. The van der Waals surface area contributed by atoms with E-state index >= 15 is 0 Å². The molecular formula is C19H27Cl2N3O. The number of carbonyl (C=O) groups is 1. The molecule has 0 aliphatic rings. The summed E-state index contributed by atoms with van der Waals surface area (Å²) in [5.41, 5.74) is 8.31. The first-order valence-corrected chi connectivity index (χ1v) is 7.95. The third-order valence-corrected chi connectivity index (χ3v) is 3.72. The molecule has 4 nitrogen and oxygen atoms in total. The van der Waals surface area contributed by atoms with Gasteiger partial charge in [-0.1, -0.05) is 60.7 Å². The van der Waals surface area contributed by atoms with E-state index in [1.165, 1.54) is 5.56 Å². The Labute approximate surface area is 162 Å². The summed E-state index contributed by atoms with van der Waals surface area (Å²) in [7, 11) is 2.04. The standard InChI is InChI=1S/C19H25N3O.2ClH/c1-22(15-17-10-6-3-7-11-17)13-12-21-19(23)18(20)14-16-8-4-2-5-9-16;;/h2-11,18H,12-15,20H2,1H3,(H,21,23);2*1H. The van der Waals surface area contributed by atoms with Gasteiger partial charge in [-0.15, -0.1) is 24.8 Å². The molecule has 0 aromatic heterocycles. The molecule has 0 fully saturated rings. The van der Waals surface area contributed by atoms with Crippen molar-refractivity contribution in [2.24, 2.45) is 5.73 Å². The molecule has 1 unspecified atom stereocenters. The van der Waals surface area contributed by atoms with Crippen molar-refractivity contribution in [1.82, 2.24) is 10.2 Å². The Morgan fingerprint density at radius 2 is 1.52 bits per heavy atom. The van der Waals surface area contributed by atoms with Crippen LogP contribution in [0.3, 0.4) is 0 Å². The SMILES string of the molecule is CN(CCNC(=O)C(N)Cc1ccccc1)Cc1ccccc1.Cl.Cl. The maximum absolute atomic E-state index is 12.0. The van der Waals surface area contributed by atoms with E-state index in [0.717, 1.165) is 18.7 Å². The van der Waals surface area contributed by atoms with Crippen LogP contribution in [0.15, 0.2) is 60.7 Å². The molecule has 2 aromatic carbocycles. The fourth-order valence-electron chi connectivity index (χ4n) is 2.44. The summed E-state index contributed by atoms with van der Waals surface area (Å²) in [6.45, 7) is 2.26. The Balaban J connectivity index is 0.00000288. The maximum Gasteiger partial charge on any atom is 0.237 e. The monoisotopic (exact) mass is 383 g/mol. The number of nitrogens with two attached hydrogens (primary N) is 1. The van der Waals surface area contributed by atoms with Gasteiger partial charge in [0.2, 0.25) is 5.91 Å². The number of halogens is 2. The van der Waals surface area contributed by atoms with Crippen LogP contribution in [0, 0.1) is 0 Å². The van der Waals surface area contributed by atoms with Crippen LogP contribution in [-0.4, -0.2) is 37.0 Å². The van der Waals surface area contributed by atoms with Crippen LogP contribution in [0.5, 0.6) is 0 Å². The zero-order chi connectivity index (χ0) is 16.5. The Morgan fingerprint density at radius 3 is 2.08 bits per heavy atom. The molecule has 1 amide bonds. The van der Waals surface area contributed by atoms with E-state index in [9.17, 15) is 4.79 Å². The molecule has 0 heterocycles. The second-order valence-corrected chi connectivity index (χ2v) is 5.81. The van der Waals surface area contributed by atoms with E-state index in [0.29, 0.717) is 13.0 Å². The predicted octanol–water partition coefficient (Wildman–Crippen LogP) is 2.65. The van der Waals surface area contributed by atoms with Crippen molar-refractivity contribution in [1.29, 1.82) is 0 Å². The molecule has 0 spiro atoms. The molecular weight excluding hydrogens is 357 g/mol. The van der Waals surface area contributed by atoms with Gasteiger partial charge < -0.3 is 16.0 Å². The van der Waals surface area contributed by atoms with Gasteiger partial charge in [-0.3, -0.25) is 4.79 Å². The largest absolute Gasteiger partial charge is 0.353 e. The Morgan fingerprint density at radius 1 is 1.00 bits per heavy atom. The molecule has 0 aliphatic carbocycles. The molecule has 3 N–H and O–H groups in total. The van der Waals surface area contributed by atoms with Gasteiger partial charge in [-0.25, -0.2) is 0 Å². The highest BCUT2D eigenvalue weighted by Crippen LogP contribution is 2.03. The van der Waals surface area contributed by atoms with Gasteiger partial charge >= 0.3 is 0 Å². The zero-order valence-electron chi connectivity index (χ0n) is 14.4. The van der Waals surface area contributed by atoms with Crippen LogP contribution in [0.25, 0.3) is 0 Å². The Hall–Kier alpha value is -1.59. The van der Waals surface area contributed by atoms with E-state index in [2.05, 4.69) is 22.3 Å². The number of benzene rings is 2. The number of rotatable bonds is 8.